The topological polar surface area (TPSA) is 51.7 Å². The second-order valence-electron chi connectivity index (χ2n) is 8.37. The van der Waals surface area contributed by atoms with Crippen LogP contribution < -0.4 is 15.1 Å². The summed E-state index contributed by atoms with van der Waals surface area (Å²) in [6.07, 6.45) is 4.16. The summed E-state index contributed by atoms with van der Waals surface area (Å²) >= 11 is 0. The quantitative estimate of drug-likeness (QED) is 0.864. The highest BCUT2D eigenvalue weighted by atomic mass is 16.1. The Balaban J connectivity index is 1.34. The van der Waals surface area contributed by atoms with Crippen molar-refractivity contribution in [1.82, 2.24) is 9.88 Å². The monoisotopic (exact) mass is 393 g/mol. The van der Waals surface area contributed by atoms with Crippen LogP contribution in [0.1, 0.15) is 30.1 Å². The molecule has 0 saturated carbocycles. The molecule has 0 unspecified atom stereocenters. The molecule has 1 aromatic heterocycles. The van der Waals surface area contributed by atoms with Gasteiger partial charge in [-0.15, -0.1) is 0 Å². The van der Waals surface area contributed by atoms with Crippen LogP contribution in [0.15, 0.2) is 42.6 Å². The Morgan fingerprint density at radius 1 is 0.931 bits per heavy atom. The van der Waals surface area contributed by atoms with Gasteiger partial charge in [-0.2, -0.15) is 0 Å². The number of anilines is 3. The fourth-order valence-electron chi connectivity index (χ4n) is 3.97. The van der Waals surface area contributed by atoms with Crippen molar-refractivity contribution >= 4 is 23.1 Å². The van der Waals surface area contributed by atoms with E-state index in [1.807, 2.05) is 24.3 Å². The molecule has 1 N–H and O–H groups in total. The first-order valence-electron chi connectivity index (χ1n) is 10.6. The van der Waals surface area contributed by atoms with Gasteiger partial charge in [0.05, 0.1) is 5.56 Å². The molecule has 2 saturated heterocycles. The molecule has 0 spiro atoms. The van der Waals surface area contributed by atoms with E-state index in [0.717, 1.165) is 56.7 Å². The third-order valence-corrected chi connectivity index (χ3v) is 6.11. The summed E-state index contributed by atoms with van der Waals surface area (Å²) in [6.45, 7) is 8.56. The number of piperidine rings is 1. The van der Waals surface area contributed by atoms with Crippen LogP contribution in [0.5, 0.6) is 0 Å². The summed E-state index contributed by atoms with van der Waals surface area (Å²) in [5, 5.41) is 2.98. The Morgan fingerprint density at radius 2 is 1.62 bits per heavy atom. The van der Waals surface area contributed by atoms with Gasteiger partial charge in [-0.25, -0.2) is 4.98 Å². The van der Waals surface area contributed by atoms with E-state index >= 15 is 0 Å². The molecule has 0 aliphatic carbocycles. The Kier molecular flexibility index (Phi) is 6.00. The first-order chi connectivity index (χ1) is 14.1. The van der Waals surface area contributed by atoms with E-state index in [9.17, 15) is 4.79 Å². The zero-order chi connectivity index (χ0) is 20.2. The van der Waals surface area contributed by atoms with Crippen molar-refractivity contribution in [3.05, 3.63) is 48.2 Å². The number of pyridine rings is 1. The highest BCUT2D eigenvalue weighted by Gasteiger charge is 2.17. The lowest BCUT2D eigenvalue weighted by Gasteiger charge is -2.33. The molecule has 6 heteroatoms. The average molecular weight is 394 g/mol. The van der Waals surface area contributed by atoms with E-state index in [4.69, 9.17) is 0 Å². The Bertz CT molecular complexity index is 804. The largest absolute Gasteiger partial charge is 0.372 e. The number of carbonyl (C=O) groups is 1. The number of carbonyl (C=O) groups excluding carboxylic acids is 1. The lowest BCUT2D eigenvalue weighted by atomic mass is 9.99. The van der Waals surface area contributed by atoms with Crippen LogP contribution in [0.25, 0.3) is 0 Å². The first kappa shape index (κ1) is 19.7. The maximum absolute atomic E-state index is 12.6. The second-order valence-corrected chi connectivity index (χ2v) is 8.37. The molecule has 4 rings (SSSR count). The number of aromatic nitrogens is 1. The van der Waals surface area contributed by atoms with Crippen LogP contribution >= 0.6 is 0 Å². The van der Waals surface area contributed by atoms with Crippen molar-refractivity contribution in [3.63, 3.8) is 0 Å². The van der Waals surface area contributed by atoms with Crippen LogP contribution in [0.3, 0.4) is 0 Å². The molecule has 154 valence electrons. The van der Waals surface area contributed by atoms with Crippen molar-refractivity contribution < 1.29 is 4.79 Å². The van der Waals surface area contributed by atoms with Crippen LogP contribution in [-0.4, -0.2) is 62.1 Å². The zero-order valence-electron chi connectivity index (χ0n) is 17.5. The molecule has 6 nitrogen and oxygen atoms in total. The van der Waals surface area contributed by atoms with Gasteiger partial charge in [-0.05, 0) is 62.2 Å². The summed E-state index contributed by atoms with van der Waals surface area (Å²) in [6, 6.07) is 12.0. The van der Waals surface area contributed by atoms with Gasteiger partial charge in [0.2, 0.25) is 0 Å². The Labute approximate surface area is 173 Å². The van der Waals surface area contributed by atoms with Crippen molar-refractivity contribution in [2.24, 2.45) is 5.92 Å². The molecule has 2 aromatic rings. The van der Waals surface area contributed by atoms with E-state index < -0.39 is 0 Å². The number of nitrogens with one attached hydrogen (secondary N) is 1. The van der Waals surface area contributed by atoms with E-state index in [-0.39, 0.29) is 5.91 Å². The van der Waals surface area contributed by atoms with Gasteiger partial charge in [0, 0.05) is 56.8 Å². The molecule has 1 amide bonds. The van der Waals surface area contributed by atoms with Gasteiger partial charge < -0.3 is 20.0 Å². The lowest BCUT2D eigenvalue weighted by molar-refractivity contribution is 0.102. The minimum atomic E-state index is -0.123. The molecule has 2 aliphatic heterocycles. The maximum atomic E-state index is 12.6. The third-order valence-electron chi connectivity index (χ3n) is 6.11. The minimum absolute atomic E-state index is 0.123. The van der Waals surface area contributed by atoms with Gasteiger partial charge in [0.25, 0.3) is 5.91 Å². The summed E-state index contributed by atoms with van der Waals surface area (Å²) < 4.78 is 0. The molecule has 29 heavy (non-hydrogen) atoms. The van der Waals surface area contributed by atoms with Crippen molar-refractivity contribution in [1.29, 1.82) is 0 Å². The fourth-order valence-corrected chi connectivity index (χ4v) is 3.97. The SMILES string of the molecule is CC1CCN(c2ccc(NC(=O)c3ccc(N4CCN(C)CC4)nc3)cc2)CC1. The minimum Gasteiger partial charge on any atom is -0.372 e. The van der Waals surface area contributed by atoms with Crippen LogP contribution in [0, 0.1) is 5.92 Å². The molecule has 0 atom stereocenters. The summed E-state index contributed by atoms with van der Waals surface area (Å²) in [5.41, 5.74) is 2.62. The summed E-state index contributed by atoms with van der Waals surface area (Å²) in [4.78, 5) is 24.1. The predicted molar refractivity (Wildman–Crippen MR) is 119 cm³/mol. The molecule has 2 fully saturated rings. The molecule has 3 heterocycles. The van der Waals surface area contributed by atoms with Crippen LogP contribution in [0.4, 0.5) is 17.2 Å². The number of hydrogen-bond acceptors (Lipinski definition) is 5. The average Bonchev–Trinajstić information content (AvgIpc) is 2.76. The maximum Gasteiger partial charge on any atom is 0.257 e. The highest BCUT2D eigenvalue weighted by molar-refractivity contribution is 6.04. The Hall–Kier alpha value is -2.60. The molecule has 0 bridgehead atoms. The smallest absolute Gasteiger partial charge is 0.257 e. The normalized spacial score (nSPS) is 18.7. The number of likely N-dealkylation sites (N-methyl/N-ethyl adjacent to an activating group) is 1. The number of hydrogen-bond donors (Lipinski definition) is 1. The molecule has 2 aliphatic rings. The zero-order valence-corrected chi connectivity index (χ0v) is 17.5. The van der Waals surface area contributed by atoms with Crippen LogP contribution in [0.2, 0.25) is 0 Å². The molecular weight excluding hydrogens is 362 g/mol. The van der Waals surface area contributed by atoms with Crippen molar-refractivity contribution in [2.45, 2.75) is 19.8 Å². The number of piperazine rings is 1. The van der Waals surface area contributed by atoms with E-state index in [1.54, 1.807) is 6.20 Å². The predicted octanol–water partition coefficient (Wildman–Crippen LogP) is 3.32. The summed E-state index contributed by atoms with van der Waals surface area (Å²) in [5.74, 6) is 1.64. The number of amides is 1. The van der Waals surface area contributed by atoms with Gasteiger partial charge >= 0.3 is 0 Å². The van der Waals surface area contributed by atoms with E-state index in [1.165, 1.54) is 18.5 Å². The second kappa shape index (κ2) is 8.82. The van der Waals surface area contributed by atoms with Crippen molar-refractivity contribution in [2.75, 3.05) is 61.4 Å². The van der Waals surface area contributed by atoms with E-state index in [2.05, 4.69) is 51.1 Å². The van der Waals surface area contributed by atoms with Gasteiger partial charge in [0.15, 0.2) is 0 Å². The van der Waals surface area contributed by atoms with Gasteiger partial charge in [-0.3, -0.25) is 4.79 Å². The Morgan fingerprint density at radius 3 is 2.24 bits per heavy atom. The van der Waals surface area contributed by atoms with Crippen molar-refractivity contribution in [3.8, 4) is 0 Å². The number of benzene rings is 1. The standard InChI is InChI=1S/C23H31N5O/c1-18-9-11-27(12-10-18)21-6-4-20(5-7-21)25-23(29)19-3-8-22(24-17-19)28-15-13-26(2)14-16-28/h3-8,17-18H,9-16H2,1-2H3,(H,25,29). The van der Waals surface area contributed by atoms with Crippen LogP contribution in [-0.2, 0) is 0 Å². The van der Waals surface area contributed by atoms with Gasteiger partial charge in [0.1, 0.15) is 5.82 Å². The third kappa shape index (κ3) is 4.88. The lowest BCUT2D eigenvalue weighted by Crippen LogP contribution is -2.44. The van der Waals surface area contributed by atoms with Gasteiger partial charge in [-0.1, -0.05) is 6.92 Å². The number of nitrogens with zero attached hydrogens (tertiary/aromatic N) is 4. The molecule has 0 radical (unpaired) electrons. The van der Waals surface area contributed by atoms with E-state index in [0.29, 0.717) is 5.56 Å². The molecular formula is C23H31N5O. The fraction of sp³-hybridized carbons (Fsp3) is 0.478. The first-order valence-corrected chi connectivity index (χ1v) is 10.6. The molecule has 1 aromatic carbocycles. The summed E-state index contributed by atoms with van der Waals surface area (Å²) in [7, 11) is 2.14. The highest BCUT2D eigenvalue weighted by Crippen LogP contribution is 2.24. The number of rotatable bonds is 4.